The van der Waals surface area contributed by atoms with Gasteiger partial charge in [0.05, 0.1) is 5.75 Å². The highest BCUT2D eigenvalue weighted by Gasteiger charge is 2.14. The first-order valence-electron chi connectivity index (χ1n) is 3.67. The van der Waals surface area contributed by atoms with E-state index in [4.69, 9.17) is 0 Å². The van der Waals surface area contributed by atoms with E-state index in [9.17, 15) is 8.42 Å². The predicted molar refractivity (Wildman–Crippen MR) is 69.4 cm³/mol. The van der Waals surface area contributed by atoms with Crippen LogP contribution in [0.4, 0.5) is 0 Å². The largest absolute Gasteiger partial charge is 0.224 e. The van der Waals surface area contributed by atoms with Crippen LogP contribution in [0.1, 0.15) is 26.2 Å². The molecule has 0 unspecified atom stereocenters. The van der Waals surface area contributed by atoms with Crippen molar-refractivity contribution >= 4 is 47.1 Å². The van der Waals surface area contributed by atoms with Gasteiger partial charge in [-0.3, -0.25) is 0 Å². The molecule has 72 valence electrons. The van der Waals surface area contributed by atoms with Crippen LogP contribution in [0, 0.1) is 0 Å². The molecule has 1 rings (SSSR count). The van der Waals surface area contributed by atoms with Crippen LogP contribution < -0.4 is 0 Å². The van der Waals surface area contributed by atoms with E-state index in [0.717, 1.165) is 19.3 Å². The number of rotatable bonds is 0. The molecular weight excluding hydrogens is 402 g/mol. The third-order valence-corrected chi connectivity index (χ3v) is 3.76. The minimum absolute atomic E-state index is 0.343. The number of halogens is 2. The Labute approximate surface area is 97.4 Å². The molecule has 0 N–H and O–H groups in total. The van der Waals surface area contributed by atoms with Crippen LogP contribution >= 0.6 is 37.2 Å². The standard InChI is InChI=1S/C7H12O2S.I2/c1-7-5-3-2-4-6-10(7,8)9;1-2/h5H,2-4,6H2,1H3;. The Balaban J connectivity index is 0.000000561. The SMILES string of the molecule is CC1=CCCCCS1(=O)=O.II. The summed E-state index contributed by atoms with van der Waals surface area (Å²) >= 11 is 4.24. The first-order valence-corrected chi connectivity index (χ1v) is 11.6. The lowest BCUT2D eigenvalue weighted by Gasteiger charge is -1.97. The van der Waals surface area contributed by atoms with Gasteiger partial charge < -0.3 is 0 Å². The molecule has 5 heteroatoms. The number of hydrogen-bond donors (Lipinski definition) is 0. The molecule has 0 fully saturated rings. The molecule has 0 saturated carbocycles. The number of allylic oxidation sites excluding steroid dienone is 2. The van der Waals surface area contributed by atoms with Crippen molar-refractivity contribution in [1.82, 2.24) is 0 Å². The second-order valence-corrected chi connectivity index (χ2v) is 4.91. The van der Waals surface area contributed by atoms with Gasteiger partial charge in [0.1, 0.15) is 0 Å². The van der Waals surface area contributed by atoms with Gasteiger partial charge in [0.15, 0.2) is 9.84 Å². The number of sulfone groups is 1. The van der Waals surface area contributed by atoms with E-state index in [1.807, 2.05) is 6.08 Å². The Morgan fingerprint density at radius 2 is 1.92 bits per heavy atom. The Kier molecular flexibility index (Phi) is 7.21. The summed E-state index contributed by atoms with van der Waals surface area (Å²) in [6.45, 7) is 1.68. The maximum Gasteiger partial charge on any atom is 0.173 e. The minimum atomic E-state index is -2.84. The average molecular weight is 414 g/mol. The molecule has 0 radical (unpaired) electrons. The Hall–Kier alpha value is 1.15. The van der Waals surface area contributed by atoms with Crippen molar-refractivity contribution in [2.45, 2.75) is 26.2 Å². The second kappa shape index (κ2) is 6.58. The van der Waals surface area contributed by atoms with Crippen LogP contribution in [0.3, 0.4) is 0 Å². The van der Waals surface area contributed by atoms with E-state index in [-0.39, 0.29) is 0 Å². The first kappa shape index (κ1) is 13.2. The zero-order valence-corrected chi connectivity index (χ0v) is 12.0. The molecule has 0 saturated heterocycles. The van der Waals surface area contributed by atoms with Gasteiger partial charge in [-0.25, -0.2) is 8.42 Å². The fourth-order valence-electron chi connectivity index (χ4n) is 1.03. The van der Waals surface area contributed by atoms with E-state index < -0.39 is 9.84 Å². The molecular formula is C7H12I2O2S. The lowest BCUT2D eigenvalue weighted by molar-refractivity contribution is 0.599. The van der Waals surface area contributed by atoms with Crippen molar-refractivity contribution in [1.29, 1.82) is 0 Å². The van der Waals surface area contributed by atoms with Crippen LogP contribution in [0.5, 0.6) is 0 Å². The second-order valence-electron chi connectivity index (χ2n) is 2.63. The van der Waals surface area contributed by atoms with Gasteiger partial charge in [-0.05, 0) is 26.2 Å². The highest BCUT2D eigenvalue weighted by Crippen LogP contribution is 2.15. The fourth-order valence-corrected chi connectivity index (χ4v) is 2.31. The molecule has 0 aromatic rings. The van der Waals surface area contributed by atoms with Gasteiger partial charge in [-0.15, -0.1) is 0 Å². The molecule has 2 nitrogen and oxygen atoms in total. The molecule has 1 aliphatic rings. The van der Waals surface area contributed by atoms with Gasteiger partial charge >= 0.3 is 0 Å². The zero-order chi connectivity index (χ0) is 9.61. The molecule has 1 heterocycles. The predicted octanol–water partition coefficient (Wildman–Crippen LogP) is 3.26. The summed E-state index contributed by atoms with van der Waals surface area (Å²) in [5.74, 6) is 0.343. The minimum Gasteiger partial charge on any atom is -0.224 e. The highest BCUT2D eigenvalue weighted by atomic mass is 128. The summed E-state index contributed by atoms with van der Waals surface area (Å²) in [4.78, 5) is 0.560. The van der Waals surface area contributed by atoms with Crippen LogP contribution in [-0.4, -0.2) is 14.2 Å². The normalized spacial score (nSPS) is 21.4. The summed E-state index contributed by atoms with van der Waals surface area (Å²) in [5.41, 5.74) is 0. The van der Waals surface area contributed by atoms with E-state index >= 15 is 0 Å². The summed E-state index contributed by atoms with van der Waals surface area (Å²) < 4.78 is 22.3. The van der Waals surface area contributed by atoms with Crippen molar-refractivity contribution in [2.75, 3.05) is 5.75 Å². The Bertz CT molecular complexity index is 244. The Morgan fingerprint density at radius 3 is 2.50 bits per heavy atom. The van der Waals surface area contributed by atoms with Crippen LogP contribution in [0.2, 0.25) is 0 Å². The molecule has 0 aromatic carbocycles. The molecule has 0 aromatic heterocycles. The summed E-state index contributed by atoms with van der Waals surface area (Å²) in [5, 5.41) is 0. The molecule has 0 aliphatic carbocycles. The topological polar surface area (TPSA) is 34.1 Å². The van der Waals surface area contributed by atoms with Crippen molar-refractivity contribution in [3.8, 4) is 0 Å². The van der Waals surface area contributed by atoms with Gasteiger partial charge in [-0.2, -0.15) is 0 Å². The van der Waals surface area contributed by atoms with Crippen LogP contribution in [0.25, 0.3) is 0 Å². The quantitative estimate of drug-likeness (QED) is 0.571. The van der Waals surface area contributed by atoms with Gasteiger partial charge in [0.25, 0.3) is 0 Å². The van der Waals surface area contributed by atoms with Crippen LogP contribution in [0.15, 0.2) is 11.0 Å². The van der Waals surface area contributed by atoms with Gasteiger partial charge in [-0.1, -0.05) is 6.08 Å². The molecule has 12 heavy (non-hydrogen) atoms. The molecule has 1 aliphatic heterocycles. The lowest BCUT2D eigenvalue weighted by atomic mass is 10.2. The van der Waals surface area contributed by atoms with E-state index in [2.05, 4.69) is 37.2 Å². The van der Waals surface area contributed by atoms with E-state index in [1.54, 1.807) is 6.92 Å². The van der Waals surface area contributed by atoms with Crippen molar-refractivity contribution < 1.29 is 8.42 Å². The molecule has 0 atom stereocenters. The number of hydrogen-bond acceptors (Lipinski definition) is 2. The fraction of sp³-hybridized carbons (Fsp3) is 0.714. The summed E-state index contributed by atoms with van der Waals surface area (Å²) in [6.07, 6.45) is 4.57. The maximum absolute atomic E-state index is 11.1. The first-order chi connectivity index (χ1) is 5.63. The molecule has 0 amide bonds. The molecule has 0 bridgehead atoms. The van der Waals surface area contributed by atoms with E-state index in [0.29, 0.717) is 10.7 Å². The van der Waals surface area contributed by atoms with Crippen molar-refractivity contribution in [3.05, 3.63) is 11.0 Å². The van der Waals surface area contributed by atoms with Crippen molar-refractivity contribution in [2.24, 2.45) is 0 Å². The maximum atomic E-state index is 11.1. The van der Waals surface area contributed by atoms with Gasteiger partial charge in [0, 0.05) is 42.1 Å². The summed E-state index contributed by atoms with van der Waals surface area (Å²) in [7, 11) is -2.84. The van der Waals surface area contributed by atoms with Gasteiger partial charge in [0.2, 0.25) is 0 Å². The average Bonchev–Trinajstić information content (AvgIpc) is 2.19. The highest BCUT2D eigenvalue weighted by molar-refractivity contribution is 15.0. The smallest absolute Gasteiger partial charge is 0.173 e. The monoisotopic (exact) mass is 414 g/mol. The third kappa shape index (κ3) is 4.40. The third-order valence-electron chi connectivity index (χ3n) is 1.79. The van der Waals surface area contributed by atoms with Crippen LogP contribution in [-0.2, 0) is 9.84 Å². The molecule has 0 spiro atoms. The van der Waals surface area contributed by atoms with E-state index in [1.165, 1.54) is 0 Å². The summed E-state index contributed by atoms with van der Waals surface area (Å²) in [6, 6.07) is 0. The zero-order valence-electron chi connectivity index (χ0n) is 6.89. The van der Waals surface area contributed by atoms with Crippen molar-refractivity contribution in [3.63, 3.8) is 0 Å². The Morgan fingerprint density at radius 1 is 1.33 bits per heavy atom. The lowest BCUT2D eigenvalue weighted by Crippen LogP contribution is -2.04.